The number of aliphatic hydroxyl groups is 1. The zero-order valence-corrected chi connectivity index (χ0v) is 22.6. The predicted molar refractivity (Wildman–Crippen MR) is 142 cm³/mol. The first-order valence-corrected chi connectivity index (χ1v) is 13.3. The van der Waals surface area contributed by atoms with Crippen LogP contribution in [0, 0.1) is 17.6 Å². The number of pyridine rings is 1. The van der Waals surface area contributed by atoms with Crippen LogP contribution in [0.5, 0.6) is 5.75 Å². The Morgan fingerprint density at radius 3 is 2.54 bits per heavy atom. The van der Waals surface area contributed by atoms with Crippen molar-refractivity contribution in [3.63, 3.8) is 0 Å². The molecule has 0 spiro atoms. The molecule has 1 fully saturated rings. The van der Waals surface area contributed by atoms with E-state index in [0.717, 1.165) is 24.4 Å². The van der Waals surface area contributed by atoms with Crippen LogP contribution >= 0.6 is 11.6 Å². The van der Waals surface area contributed by atoms with Crippen LogP contribution in [0.3, 0.4) is 0 Å². The minimum absolute atomic E-state index is 0.0376. The zero-order chi connectivity index (χ0) is 29.5. The zero-order valence-electron chi connectivity index (χ0n) is 21.8. The fourth-order valence-electron chi connectivity index (χ4n) is 5.66. The van der Waals surface area contributed by atoms with Crippen molar-refractivity contribution in [1.29, 1.82) is 0 Å². The van der Waals surface area contributed by atoms with Crippen molar-refractivity contribution in [2.24, 2.45) is 5.92 Å². The summed E-state index contributed by atoms with van der Waals surface area (Å²) in [5, 5.41) is 14.5. The van der Waals surface area contributed by atoms with E-state index in [4.69, 9.17) is 16.3 Å². The van der Waals surface area contributed by atoms with Crippen molar-refractivity contribution < 1.29 is 37.0 Å². The monoisotopic (exact) mass is 591 g/mol. The number of halogens is 5. The van der Waals surface area contributed by atoms with Gasteiger partial charge >= 0.3 is 0 Å². The highest BCUT2D eigenvalue weighted by Crippen LogP contribution is 2.46. The molecule has 216 valence electrons. The summed E-state index contributed by atoms with van der Waals surface area (Å²) >= 11 is 5.86. The van der Waals surface area contributed by atoms with Gasteiger partial charge in [0, 0.05) is 29.9 Å². The van der Waals surface area contributed by atoms with Gasteiger partial charge in [-0.05, 0) is 55.9 Å². The maximum atomic E-state index is 15.1. The fourth-order valence-corrected chi connectivity index (χ4v) is 5.82. The van der Waals surface area contributed by atoms with Gasteiger partial charge in [0.05, 0.1) is 23.4 Å². The molecule has 1 unspecified atom stereocenters. The Morgan fingerprint density at radius 2 is 1.85 bits per heavy atom. The summed E-state index contributed by atoms with van der Waals surface area (Å²) in [7, 11) is 1.18. The first-order chi connectivity index (χ1) is 19.6. The van der Waals surface area contributed by atoms with Gasteiger partial charge in [0.2, 0.25) is 5.82 Å². The Balaban J connectivity index is 1.30. The second-order valence-electron chi connectivity index (χ2n) is 10.2. The number of methoxy groups -OCH3 is 1. The van der Waals surface area contributed by atoms with Crippen molar-refractivity contribution in [2.75, 3.05) is 18.6 Å². The molecule has 5 rings (SSSR count). The standard InChI is InChI=1S/C29H26ClF4N3O4/c1-41-22-11-10-20(23(31)24(22)32)29(40)19-4-2-3-5-21(19)37(28(29)39)14-15-6-8-17(9-7-15)36-27(38)18-12-16(30)13-35-25(18)26(33)34/h2-5,10-13,15,17,26,40H,6-9,14H2,1H3,(H,36,38). The van der Waals surface area contributed by atoms with Crippen molar-refractivity contribution in [1.82, 2.24) is 10.3 Å². The van der Waals surface area contributed by atoms with E-state index in [2.05, 4.69) is 10.3 Å². The lowest BCUT2D eigenvalue weighted by Crippen LogP contribution is -2.45. The Labute approximate surface area is 238 Å². The average Bonchev–Trinajstić information content (AvgIpc) is 3.17. The Morgan fingerprint density at radius 1 is 1.15 bits per heavy atom. The number of fused-ring (bicyclic) bond motifs is 1. The molecule has 1 saturated carbocycles. The van der Waals surface area contributed by atoms with Gasteiger partial charge in [-0.15, -0.1) is 0 Å². The van der Waals surface area contributed by atoms with Gasteiger partial charge in [-0.2, -0.15) is 4.39 Å². The summed E-state index contributed by atoms with van der Waals surface area (Å²) < 4.78 is 61.1. The molecule has 2 aromatic carbocycles. The first-order valence-electron chi connectivity index (χ1n) is 13.0. The molecule has 2 amide bonds. The summed E-state index contributed by atoms with van der Waals surface area (Å²) in [6.07, 6.45) is 0.309. The maximum absolute atomic E-state index is 15.1. The Bertz CT molecular complexity index is 1500. The van der Waals surface area contributed by atoms with Crippen molar-refractivity contribution in [3.8, 4) is 5.75 Å². The number of anilines is 1. The molecule has 2 heterocycles. The molecule has 7 nitrogen and oxygen atoms in total. The molecule has 1 aromatic heterocycles. The number of carbonyl (C=O) groups excluding carboxylic acids is 2. The molecular formula is C29H26ClF4N3O4. The highest BCUT2D eigenvalue weighted by atomic mass is 35.5. The van der Waals surface area contributed by atoms with Crippen molar-refractivity contribution in [2.45, 2.75) is 43.8 Å². The van der Waals surface area contributed by atoms with E-state index < -0.39 is 46.7 Å². The van der Waals surface area contributed by atoms with Crippen LogP contribution in [-0.2, 0) is 10.4 Å². The van der Waals surface area contributed by atoms with E-state index in [1.54, 1.807) is 18.2 Å². The molecule has 1 aliphatic heterocycles. The number of nitrogens with one attached hydrogen (secondary N) is 1. The largest absolute Gasteiger partial charge is 0.494 e. The number of alkyl halides is 2. The quantitative estimate of drug-likeness (QED) is 0.353. The Kier molecular flexibility index (Phi) is 7.93. The topological polar surface area (TPSA) is 91.8 Å². The number of aromatic nitrogens is 1. The van der Waals surface area contributed by atoms with E-state index in [1.807, 2.05) is 0 Å². The van der Waals surface area contributed by atoms with Gasteiger partial charge in [-0.1, -0.05) is 29.8 Å². The lowest BCUT2D eigenvalue weighted by molar-refractivity contribution is -0.132. The van der Waals surface area contributed by atoms with E-state index in [0.29, 0.717) is 31.4 Å². The molecular weight excluding hydrogens is 566 g/mol. The number of hydrogen-bond donors (Lipinski definition) is 2. The lowest BCUT2D eigenvalue weighted by Gasteiger charge is -2.32. The van der Waals surface area contributed by atoms with Crippen LogP contribution < -0.4 is 15.0 Å². The van der Waals surface area contributed by atoms with Gasteiger partial charge in [0.1, 0.15) is 5.69 Å². The van der Waals surface area contributed by atoms with Crippen LogP contribution in [0.1, 0.15) is 59.3 Å². The van der Waals surface area contributed by atoms with Gasteiger partial charge in [-0.3, -0.25) is 14.6 Å². The van der Waals surface area contributed by atoms with Crippen LogP contribution in [0.2, 0.25) is 5.02 Å². The molecule has 2 aliphatic rings. The smallest absolute Gasteiger partial charge is 0.281 e. The van der Waals surface area contributed by atoms with E-state index in [-0.39, 0.29) is 40.4 Å². The highest BCUT2D eigenvalue weighted by molar-refractivity contribution is 6.30. The van der Waals surface area contributed by atoms with Crippen LogP contribution in [0.25, 0.3) is 0 Å². The van der Waals surface area contributed by atoms with Crippen LogP contribution in [0.15, 0.2) is 48.7 Å². The van der Waals surface area contributed by atoms with Gasteiger partial charge in [-0.25, -0.2) is 13.2 Å². The molecule has 41 heavy (non-hydrogen) atoms. The van der Waals surface area contributed by atoms with E-state index in [9.17, 15) is 27.9 Å². The molecule has 0 bridgehead atoms. The summed E-state index contributed by atoms with van der Waals surface area (Å²) in [4.78, 5) is 31.4. The van der Waals surface area contributed by atoms with Gasteiger partial charge < -0.3 is 20.1 Å². The highest BCUT2D eigenvalue weighted by Gasteiger charge is 2.53. The maximum Gasteiger partial charge on any atom is 0.281 e. The number of hydrogen-bond acceptors (Lipinski definition) is 5. The number of rotatable bonds is 7. The summed E-state index contributed by atoms with van der Waals surface area (Å²) in [6.45, 7) is 0.201. The second-order valence-corrected chi connectivity index (χ2v) is 10.6. The van der Waals surface area contributed by atoms with Gasteiger partial charge in [0.15, 0.2) is 17.2 Å². The average molecular weight is 592 g/mol. The SMILES string of the molecule is COc1ccc(C2(O)C(=O)N(CC3CCC(NC(=O)c4cc(Cl)cnc4C(F)F)CC3)c3ccccc32)c(F)c1F. The van der Waals surface area contributed by atoms with Crippen LogP contribution in [-0.4, -0.2) is 41.6 Å². The minimum atomic E-state index is -2.94. The fraction of sp³-hybridized carbons (Fsp3) is 0.345. The number of ether oxygens (including phenoxy) is 1. The van der Waals surface area contributed by atoms with Crippen LogP contribution in [0.4, 0.5) is 23.2 Å². The third kappa shape index (κ3) is 5.12. The number of nitrogens with zero attached hydrogens (tertiary/aromatic N) is 2. The normalized spacial score (nSPS) is 22.1. The summed E-state index contributed by atoms with van der Waals surface area (Å²) in [6, 6.07) is 9.57. The molecule has 0 saturated heterocycles. The molecule has 2 N–H and O–H groups in total. The number of benzene rings is 2. The van der Waals surface area contributed by atoms with Crippen molar-refractivity contribution in [3.05, 3.63) is 87.7 Å². The molecule has 1 aliphatic carbocycles. The van der Waals surface area contributed by atoms with E-state index >= 15 is 4.39 Å². The third-order valence-corrected chi connectivity index (χ3v) is 7.96. The number of carbonyl (C=O) groups is 2. The predicted octanol–water partition coefficient (Wildman–Crippen LogP) is 5.53. The second kappa shape index (κ2) is 11.3. The summed E-state index contributed by atoms with van der Waals surface area (Å²) in [5.41, 5.74) is -3.35. The number of para-hydroxylation sites is 1. The molecule has 12 heteroatoms. The minimum Gasteiger partial charge on any atom is -0.494 e. The first kappa shape index (κ1) is 28.8. The molecule has 3 aromatic rings. The van der Waals surface area contributed by atoms with E-state index in [1.165, 1.54) is 18.1 Å². The number of amides is 2. The molecule has 1 atom stereocenters. The lowest BCUT2D eigenvalue weighted by atomic mass is 9.85. The van der Waals surface area contributed by atoms with Crippen molar-refractivity contribution >= 4 is 29.1 Å². The van der Waals surface area contributed by atoms with Gasteiger partial charge in [0.25, 0.3) is 18.2 Å². The third-order valence-electron chi connectivity index (χ3n) is 7.76. The Hall–Kier alpha value is -3.70. The summed E-state index contributed by atoms with van der Waals surface area (Å²) in [5.74, 6) is -4.57. The molecule has 0 radical (unpaired) electrons.